The van der Waals surface area contributed by atoms with E-state index < -0.39 is 0 Å². The standard InChI is InChI=1S/C7H14N2/c1-8-5-9-3-6-2-7(6)4-9/h6-8H,2-5H2,1H3. The van der Waals surface area contributed by atoms with Crippen LogP contribution >= 0.6 is 0 Å². The molecule has 0 aromatic rings. The van der Waals surface area contributed by atoms with E-state index in [1.807, 2.05) is 7.05 Å². The van der Waals surface area contributed by atoms with Crippen LogP contribution in [0.1, 0.15) is 6.42 Å². The zero-order valence-electron chi connectivity index (χ0n) is 5.93. The third-order valence-corrected chi connectivity index (χ3v) is 2.44. The van der Waals surface area contributed by atoms with Crippen LogP contribution in [0.15, 0.2) is 0 Å². The average molecular weight is 126 g/mol. The summed E-state index contributed by atoms with van der Waals surface area (Å²) in [5.74, 6) is 2.16. The highest BCUT2D eigenvalue weighted by molar-refractivity contribution is 4.96. The second-order valence-corrected chi connectivity index (χ2v) is 3.30. The maximum absolute atomic E-state index is 3.18. The van der Waals surface area contributed by atoms with Crippen molar-refractivity contribution in [2.24, 2.45) is 11.8 Å². The van der Waals surface area contributed by atoms with E-state index in [2.05, 4.69) is 10.2 Å². The molecule has 1 aliphatic carbocycles. The van der Waals surface area contributed by atoms with E-state index in [1.165, 1.54) is 19.5 Å². The SMILES string of the molecule is CNCN1CC2CC2C1. The van der Waals surface area contributed by atoms with Crippen LogP contribution in [0.25, 0.3) is 0 Å². The Morgan fingerprint density at radius 3 is 2.67 bits per heavy atom. The molecule has 9 heavy (non-hydrogen) atoms. The number of rotatable bonds is 2. The number of nitrogens with one attached hydrogen (secondary N) is 1. The van der Waals surface area contributed by atoms with Crippen molar-refractivity contribution in [3.63, 3.8) is 0 Å². The molecule has 52 valence electrons. The first-order valence-electron chi connectivity index (χ1n) is 3.77. The van der Waals surface area contributed by atoms with Gasteiger partial charge in [-0.2, -0.15) is 0 Å². The van der Waals surface area contributed by atoms with Crippen LogP contribution < -0.4 is 5.32 Å². The van der Waals surface area contributed by atoms with Crippen molar-refractivity contribution in [2.45, 2.75) is 6.42 Å². The van der Waals surface area contributed by atoms with Crippen molar-refractivity contribution >= 4 is 0 Å². The number of fused-ring (bicyclic) bond motifs is 1. The first kappa shape index (κ1) is 5.69. The van der Waals surface area contributed by atoms with Gasteiger partial charge < -0.3 is 5.32 Å². The molecule has 0 aromatic heterocycles. The molecule has 0 bridgehead atoms. The predicted octanol–water partition coefficient (Wildman–Crippen LogP) is 0.115. The summed E-state index contributed by atoms with van der Waals surface area (Å²) < 4.78 is 0. The quantitative estimate of drug-likeness (QED) is 0.565. The van der Waals surface area contributed by atoms with Crippen LogP contribution in [0.2, 0.25) is 0 Å². The molecule has 1 saturated carbocycles. The summed E-state index contributed by atoms with van der Waals surface area (Å²) in [5, 5.41) is 3.18. The van der Waals surface area contributed by atoms with Gasteiger partial charge in [0.2, 0.25) is 0 Å². The molecule has 1 aliphatic heterocycles. The van der Waals surface area contributed by atoms with E-state index in [1.54, 1.807) is 0 Å². The van der Waals surface area contributed by atoms with Gasteiger partial charge in [0, 0.05) is 19.8 Å². The van der Waals surface area contributed by atoms with Crippen LogP contribution in [0.3, 0.4) is 0 Å². The highest BCUT2D eigenvalue weighted by Gasteiger charge is 2.44. The van der Waals surface area contributed by atoms with Crippen molar-refractivity contribution in [3.8, 4) is 0 Å². The Bertz CT molecular complexity index is 103. The van der Waals surface area contributed by atoms with Crippen molar-refractivity contribution < 1.29 is 0 Å². The lowest BCUT2D eigenvalue weighted by Crippen LogP contribution is -2.31. The molecule has 0 radical (unpaired) electrons. The van der Waals surface area contributed by atoms with E-state index in [4.69, 9.17) is 0 Å². The van der Waals surface area contributed by atoms with Gasteiger partial charge in [0.15, 0.2) is 0 Å². The number of hydrogen-bond donors (Lipinski definition) is 1. The predicted molar refractivity (Wildman–Crippen MR) is 37.1 cm³/mol. The average Bonchev–Trinajstić information content (AvgIpc) is 2.42. The van der Waals surface area contributed by atoms with Gasteiger partial charge >= 0.3 is 0 Å². The van der Waals surface area contributed by atoms with Crippen LogP contribution in [0.4, 0.5) is 0 Å². The number of nitrogens with zero attached hydrogens (tertiary/aromatic N) is 1. The van der Waals surface area contributed by atoms with Gasteiger partial charge in [0.1, 0.15) is 0 Å². The lowest BCUT2D eigenvalue weighted by atomic mass is 10.4. The molecule has 0 amide bonds. The minimum Gasteiger partial charge on any atom is -0.307 e. The lowest BCUT2D eigenvalue weighted by Gasteiger charge is -2.15. The fourth-order valence-corrected chi connectivity index (χ4v) is 1.85. The Morgan fingerprint density at radius 1 is 1.44 bits per heavy atom. The second-order valence-electron chi connectivity index (χ2n) is 3.30. The zero-order valence-corrected chi connectivity index (χ0v) is 5.93. The Morgan fingerprint density at radius 2 is 2.11 bits per heavy atom. The molecule has 2 heteroatoms. The third kappa shape index (κ3) is 0.970. The van der Waals surface area contributed by atoms with Crippen molar-refractivity contribution in [1.29, 1.82) is 0 Å². The maximum atomic E-state index is 3.18. The van der Waals surface area contributed by atoms with Gasteiger partial charge in [0.25, 0.3) is 0 Å². The largest absolute Gasteiger partial charge is 0.307 e. The van der Waals surface area contributed by atoms with E-state index in [-0.39, 0.29) is 0 Å². The summed E-state index contributed by atoms with van der Waals surface area (Å²) in [6.07, 6.45) is 1.51. The number of likely N-dealkylation sites (tertiary alicyclic amines) is 1. The number of piperidine rings is 1. The second kappa shape index (κ2) is 1.96. The minimum atomic E-state index is 1.08. The molecule has 0 aromatic carbocycles. The smallest absolute Gasteiger partial charge is 0.0478 e. The number of hydrogen-bond acceptors (Lipinski definition) is 2. The van der Waals surface area contributed by atoms with E-state index >= 15 is 0 Å². The highest BCUT2D eigenvalue weighted by atomic mass is 15.2. The molecular formula is C7H14N2. The van der Waals surface area contributed by atoms with E-state index in [0.29, 0.717) is 0 Å². The monoisotopic (exact) mass is 126 g/mol. The molecule has 2 nitrogen and oxygen atoms in total. The molecule has 2 rings (SSSR count). The van der Waals surface area contributed by atoms with Crippen LogP contribution in [-0.4, -0.2) is 31.7 Å². The third-order valence-electron chi connectivity index (χ3n) is 2.44. The normalized spacial score (nSPS) is 41.0. The Hall–Kier alpha value is -0.0800. The summed E-state index contributed by atoms with van der Waals surface area (Å²) in [6, 6.07) is 0. The molecule has 2 atom stereocenters. The van der Waals surface area contributed by atoms with Crippen molar-refractivity contribution in [2.75, 3.05) is 26.8 Å². The molecule has 1 saturated heterocycles. The fourth-order valence-electron chi connectivity index (χ4n) is 1.85. The van der Waals surface area contributed by atoms with Crippen molar-refractivity contribution in [1.82, 2.24) is 10.2 Å². The van der Waals surface area contributed by atoms with Gasteiger partial charge in [-0.05, 0) is 25.3 Å². The Labute approximate surface area is 56.2 Å². The van der Waals surface area contributed by atoms with E-state index in [0.717, 1.165) is 18.5 Å². The molecule has 2 fully saturated rings. The Kier molecular flexibility index (Phi) is 1.24. The molecule has 2 unspecified atom stereocenters. The molecular weight excluding hydrogens is 112 g/mol. The summed E-state index contributed by atoms with van der Waals surface area (Å²) in [4.78, 5) is 2.50. The van der Waals surface area contributed by atoms with Crippen LogP contribution in [0.5, 0.6) is 0 Å². The molecule has 2 aliphatic rings. The van der Waals surface area contributed by atoms with Crippen LogP contribution in [0, 0.1) is 11.8 Å². The van der Waals surface area contributed by atoms with Crippen LogP contribution in [-0.2, 0) is 0 Å². The van der Waals surface area contributed by atoms with Crippen molar-refractivity contribution in [3.05, 3.63) is 0 Å². The minimum absolute atomic E-state index is 1.08. The highest BCUT2D eigenvalue weighted by Crippen LogP contribution is 2.44. The zero-order chi connectivity index (χ0) is 6.27. The Balaban J connectivity index is 1.77. The first-order valence-corrected chi connectivity index (χ1v) is 3.77. The molecule has 1 N–H and O–H groups in total. The summed E-state index contributed by atoms with van der Waals surface area (Å²) in [5.41, 5.74) is 0. The summed E-state index contributed by atoms with van der Waals surface area (Å²) in [7, 11) is 2.02. The first-order chi connectivity index (χ1) is 4.40. The maximum Gasteiger partial charge on any atom is 0.0478 e. The van der Waals surface area contributed by atoms with Gasteiger partial charge in [-0.1, -0.05) is 0 Å². The summed E-state index contributed by atoms with van der Waals surface area (Å²) in [6.45, 7) is 3.80. The van der Waals surface area contributed by atoms with Gasteiger partial charge in [-0.25, -0.2) is 0 Å². The lowest BCUT2D eigenvalue weighted by molar-refractivity contribution is 0.290. The molecule has 1 heterocycles. The van der Waals surface area contributed by atoms with Gasteiger partial charge in [-0.15, -0.1) is 0 Å². The van der Waals surface area contributed by atoms with Gasteiger partial charge in [-0.3, -0.25) is 4.90 Å². The molecule has 0 spiro atoms. The van der Waals surface area contributed by atoms with E-state index in [9.17, 15) is 0 Å². The topological polar surface area (TPSA) is 15.3 Å². The summed E-state index contributed by atoms with van der Waals surface area (Å²) >= 11 is 0. The van der Waals surface area contributed by atoms with Gasteiger partial charge in [0.05, 0.1) is 0 Å². The fraction of sp³-hybridized carbons (Fsp3) is 1.00.